The van der Waals surface area contributed by atoms with Gasteiger partial charge in [-0.1, -0.05) is 0 Å². The minimum absolute atomic E-state index is 0.132. The summed E-state index contributed by atoms with van der Waals surface area (Å²) < 4.78 is 62.7. The summed E-state index contributed by atoms with van der Waals surface area (Å²) in [5, 5.41) is 8.98. The van der Waals surface area contributed by atoms with E-state index in [2.05, 4.69) is 4.98 Å². The van der Waals surface area contributed by atoms with Crippen LogP contribution in [-0.2, 0) is 6.18 Å². The molecule has 0 saturated heterocycles. The van der Waals surface area contributed by atoms with E-state index >= 15 is 0 Å². The first-order valence-electron chi connectivity index (χ1n) is 4.29. The summed E-state index contributed by atoms with van der Waals surface area (Å²) in [5.74, 6) is 0. The fraction of sp³-hybridized carbons (Fsp3) is 0.250. The van der Waals surface area contributed by atoms with Crippen molar-refractivity contribution < 1.29 is 31.7 Å². The first-order chi connectivity index (χ1) is 8.57. The molecule has 0 bridgehead atoms. The zero-order valence-electron chi connectivity index (χ0n) is 8.54. The molecule has 1 rings (SSSR count). The number of hydrogen-bond acceptors (Lipinski definition) is 4. The van der Waals surface area contributed by atoms with Crippen molar-refractivity contribution in [3.8, 4) is 0 Å². The van der Waals surface area contributed by atoms with Gasteiger partial charge in [0.2, 0.25) is 5.69 Å². The highest BCUT2D eigenvalue weighted by Gasteiger charge is 2.44. The van der Waals surface area contributed by atoms with Crippen molar-refractivity contribution in [1.82, 2.24) is 4.98 Å². The number of pyridine rings is 1. The van der Waals surface area contributed by atoms with Crippen molar-refractivity contribution in [3.63, 3.8) is 0 Å². The van der Waals surface area contributed by atoms with E-state index in [1.54, 1.807) is 0 Å². The lowest BCUT2D eigenvalue weighted by Crippen LogP contribution is -2.16. The van der Waals surface area contributed by atoms with Crippen molar-refractivity contribution in [2.24, 2.45) is 0 Å². The van der Waals surface area contributed by atoms with Gasteiger partial charge in [0.05, 0.1) is 10.5 Å². The summed E-state index contributed by atoms with van der Waals surface area (Å²) in [6, 6.07) is 0. The van der Waals surface area contributed by atoms with Crippen LogP contribution < -0.4 is 0 Å². The van der Waals surface area contributed by atoms with E-state index < -0.39 is 45.3 Å². The molecule has 1 aromatic heterocycles. The molecule has 5 nitrogen and oxygen atoms in total. The van der Waals surface area contributed by atoms with Crippen LogP contribution in [0.25, 0.3) is 0 Å². The summed E-state index contributed by atoms with van der Waals surface area (Å²) in [4.78, 5) is 22.3. The van der Waals surface area contributed by atoms with Crippen LogP contribution in [0.4, 0.5) is 27.6 Å². The summed E-state index contributed by atoms with van der Waals surface area (Å²) in [5.41, 5.74) is -6.94. The van der Waals surface area contributed by atoms with E-state index in [0.717, 1.165) is 0 Å². The van der Waals surface area contributed by atoms with Gasteiger partial charge in [0.1, 0.15) is 5.56 Å². The Kier molecular flexibility index (Phi) is 4.03. The normalized spacial score (nSPS) is 11.7. The molecule has 19 heavy (non-hydrogen) atoms. The van der Waals surface area contributed by atoms with Crippen LogP contribution >= 0.6 is 11.6 Å². The predicted molar refractivity (Wildman–Crippen MR) is 51.0 cm³/mol. The molecule has 0 atom stereocenters. The van der Waals surface area contributed by atoms with Gasteiger partial charge >= 0.3 is 11.9 Å². The van der Waals surface area contributed by atoms with Crippen LogP contribution in [0.3, 0.4) is 0 Å². The second kappa shape index (κ2) is 5.03. The third-order valence-electron chi connectivity index (χ3n) is 1.97. The standard InChI is InChI=1S/C8H2ClF5N2O3/c9-6(17)2-1-15-5(8(12,13)14)4(16(18)19)3(2)7(10)11/h1,7H. The Morgan fingerprint density at radius 3 is 2.26 bits per heavy atom. The van der Waals surface area contributed by atoms with Crippen molar-refractivity contribution in [2.75, 3.05) is 0 Å². The Bertz CT molecular complexity index is 546. The quantitative estimate of drug-likeness (QED) is 0.371. The van der Waals surface area contributed by atoms with E-state index in [1.807, 2.05) is 0 Å². The summed E-state index contributed by atoms with van der Waals surface area (Å²) in [6.45, 7) is 0. The van der Waals surface area contributed by atoms with E-state index in [-0.39, 0.29) is 6.20 Å². The van der Waals surface area contributed by atoms with Crippen molar-refractivity contribution in [3.05, 3.63) is 33.1 Å². The number of nitrogens with zero attached hydrogens (tertiary/aromatic N) is 2. The molecule has 1 aromatic rings. The Labute approximate surface area is 106 Å². The summed E-state index contributed by atoms with van der Waals surface area (Å²) in [6.07, 6.45) is -8.88. The van der Waals surface area contributed by atoms with Crippen molar-refractivity contribution in [1.29, 1.82) is 0 Å². The molecule has 1 heterocycles. The number of halogens is 6. The lowest BCUT2D eigenvalue weighted by Gasteiger charge is -2.11. The fourth-order valence-corrected chi connectivity index (χ4v) is 1.44. The predicted octanol–water partition coefficient (Wildman–Crippen LogP) is 3.33. The van der Waals surface area contributed by atoms with Crippen LogP contribution in [0.2, 0.25) is 0 Å². The Balaban J connectivity index is 3.79. The van der Waals surface area contributed by atoms with E-state index in [4.69, 9.17) is 11.6 Å². The number of hydrogen-bond donors (Lipinski definition) is 0. The average Bonchev–Trinajstić information content (AvgIpc) is 2.25. The van der Waals surface area contributed by atoms with Crippen molar-refractivity contribution in [2.45, 2.75) is 12.6 Å². The number of aromatic nitrogens is 1. The summed E-state index contributed by atoms with van der Waals surface area (Å²) in [7, 11) is 0. The van der Waals surface area contributed by atoms with Crippen LogP contribution in [0.15, 0.2) is 6.20 Å². The molecule has 0 unspecified atom stereocenters. The minimum atomic E-state index is -5.32. The number of nitro groups is 1. The molecule has 0 spiro atoms. The van der Waals surface area contributed by atoms with Crippen LogP contribution in [0, 0.1) is 10.1 Å². The van der Waals surface area contributed by atoms with Gasteiger partial charge in [-0.3, -0.25) is 14.9 Å². The molecule has 0 amide bonds. The lowest BCUT2D eigenvalue weighted by atomic mass is 10.1. The highest BCUT2D eigenvalue weighted by atomic mass is 35.5. The van der Waals surface area contributed by atoms with E-state index in [1.165, 1.54) is 0 Å². The van der Waals surface area contributed by atoms with E-state index in [9.17, 15) is 36.9 Å². The number of rotatable bonds is 3. The van der Waals surface area contributed by atoms with Gasteiger partial charge in [-0.2, -0.15) is 13.2 Å². The average molecular weight is 305 g/mol. The molecule has 104 valence electrons. The zero-order chi connectivity index (χ0) is 15.0. The molecule has 0 aliphatic carbocycles. The number of carbonyl (C=O) groups excluding carboxylic acids is 1. The molecule has 0 saturated carbocycles. The van der Waals surface area contributed by atoms with Crippen LogP contribution in [0.1, 0.15) is 28.0 Å². The topological polar surface area (TPSA) is 73.1 Å². The second-order valence-corrected chi connectivity index (χ2v) is 3.46. The number of carbonyl (C=O) groups is 1. The molecule has 0 radical (unpaired) electrons. The van der Waals surface area contributed by atoms with Crippen LogP contribution in [0.5, 0.6) is 0 Å². The molecular weight excluding hydrogens is 303 g/mol. The molecule has 0 aliphatic rings. The molecular formula is C8H2ClF5N2O3. The van der Waals surface area contributed by atoms with Gasteiger partial charge in [0.25, 0.3) is 11.7 Å². The highest BCUT2D eigenvalue weighted by molar-refractivity contribution is 6.68. The second-order valence-electron chi connectivity index (χ2n) is 3.11. The Morgan fingerprint density at radius 2 is 1.95 bits per heavy atom. The molecule has 0 aliphatic heterocycles. The monoisotopic (exact) mass is 304 g/mol. The van der Waals surface area contributed by atoms with Gasteiger partial charge in [-0.25, -0.2) is 13.8 Å². The van der Waals surface area contributed by atoms with Gasteiger partial charge in [-0.15, -0.1) is 0 Å². The minimum Gasteiger partial charge on any atom is -0.276 e. The molecule has 0 fully saturated rings. The first-order valence-corrected chi connectivity index (χ1v) is 4.67. The van der Waals surface area contributed by atoms with E-state index in [0.29, 0.717) is 0 Å². The summed E-state index contributed by atoms with van der Waals surface area (Å²) >= 11 is 4.88. The first kappa shape index (κ1) is 15.2. The lowest BCUT2D eigenvalue weighted by molar-refractivity contribution is -0.390. The van der Waals surface area contributed by atoms with Gasteiger partial charge in [-0.05, 0) is 11.6 Å². The zero-order valence-corrected chi connectivity index (χ0v) is 9.30. The third-order valence-corrected chi connectivity index (χ3v) is 2.18. The highest BCUT2D eigenvalue weighted by Crippen LogP contribution is 2.41. The van der Waals surface area contributed by atoms with Gasteiger partial charge < -0.3 is 0 Å². The maximum atomic E-state index is 12.7. The smallest absolute Gasteiger partial charge is 0.276 e. The SMILES string of the molecule is O=C(Cl)c1cnc(C(F)(F)F)c([N+](=O)[O-])c1C(F)F. The maximum Gasteiger partial charge on any atom is 0.440 e. The van der Waals surface area contributed by atoms with Crippen molar-refractivity contribution >= 4 is 22.5 Å². The van der Waals surface area contributed by atoms with Crippen LogP contribution in [-0.4, -0.2) is 15.1 Å². The van der Waals surface area contributed by atoms with Gasteiger partial charge in [0.15, 0.2) is 0 Å². The largest absolute Gasteiger partial charge is 0.440 e. The molecule has 0 aromatic carbocycles. The molecule has 11 heteroatoms. The Morgan fingerprint density at radius 1 is 1.42 bits per heavy atom. The number of alkyl halides is 5. The third kappa shape index (κ3) is 2.95. The van der Waals surface area contributed by atoms with Gasteiger partial charge in [0, 0.05) is 6.20 Å². The fourth-order valence-electron chi connectivity index (χ4n) is 1.28. The maximum absolute atomic E-state index is 12.7. The Hall–Kier alpha value is -1.84. The molecule has 0 N–H and O–H groups in total.